The summed E-state index contributed by atoms with van der Waals surface area (Å²) >= 11 is 1.87. The van der Waals surface area contributed by atoms with E-state index in [0.29, 0.717) is 0 Å². The lowest BCUT2D eigenvalue weighted by molar-refractivity contribution is 0.671. The summed E-state index contributed by atoms with van der Waals surface area (Å²) in [6, 6.07) is 81.0. The van der Waals surface area contributed by atoms with Crippen molar-refractivity contribution in [3.63, 3.8) is 0 Å². The fourth-order valence-electron chi connectivity index (χ4n) is 9.09. The van der Waals surface area contributed by atoms with E-state index in [1.165, 1.54) is 42.1 Å². The minimum atomic E-state index is 0.908. The Morgan fingerprint density at radius 1 is 0.311 bits per heavy atom. The molecule has 286 valence electrons. The number of hydrogen-bond donors (Lipinski definition) is 0. The Balaban J connectivity index is 0.913. The first-order chi connectivity index (χ1) is 30.2. The highest BCUT2D eigenvalue weighted by Gasteiger charge is 2.18. The Morgan fingerprint density at radius 2 is 0.836 bits per heavy atom. The van der Waals surface area contributed by atoms with Gasteiger partial charge in [-0.05, 0) is 92.7 Å². The van der Waals surface area contributed by atoms with Crippen molar-refractivity contribution in [2.45, 2.75) is 0 Å². The van der Waals surface area contributed by atoms with Crippen LogP contribution in [0, 0.1) is 0 Å². The number of benzene rings is 10. The van der Waals surface area contributed by atoms with Gasteiger partial charge in [0, 0.05) is 59.1 Å². The van der Waals surface area contributed by atoms with Gasteiger partial charge in [0.1, 0.15) is 11.2 Å². The molecule has 0 saturated heterocycles. The molecule has 0 amide bonds. The lowest BCUT2D eigenvalue weighted by atomic mass is 9.97. The number of thiophene rings is 1. The van der Waals surface area contributed by atoms with Gasteiger partial charge in [0.25, 0.3) is 0 Å². The maximum Gasteiger partial charge on any atom is 0.143 e. The summed E-state index contributed by atoms with van der Waals surface area (Å²) in [7, 11) is 0. The van der Waals surface area contributed by atoms with Crippen LogP contribution in [0.1, 0.15) is 0 Å². The van der Waals surface area contributed by atoms with E-state index in [1.807, 2.05) is 11.3 Å². The molecule has 12 aromatic rings. The normalized spacial score (nSPS) is 11.6. The first-order valence-electron chi connectivity index (χ1n) is 20.7. The zero-order valence-electron chi connectivity index (χ0n) is 33.1. The minimum Gasteiger partial charge on any atom is -0.455 e. The number of anilines is 3. The van der Waals surface area contributed by atoms with Crippen LogP contribution in [0.5, 0.6) is 0 Å². The lowest BCUT2D eigenvalue weighted by Gasteiger charge is -2.26. The summed E-state index contributed by atoms with van der Waals surface area (Å²) < 4.78 is 9.43. The first kappa shape index (κ1) is 35.2. The molecule has 0 spiro atoms. The van der Waals surface area contributed by atoms with Gasteiger partial charge >= 0.3 is 0 Å². The van der Waals surface area contributed by atoms with Gasteiger partial charge in [0.05, 0.1) is 0 Å². The third kappa shape index (κ3) is 6.09. The summed E-state index contributed by atoms with van der Waals surface area (Å²) in [5.41, 5.74) is 14.4. The quantitative estimate of drug-likeness (QED) is 0.160. The highest BCUT2D eigenvalue weighted by molar-refractivity contribution is 7.26. The van der Waals surface area contributed by atoms with Crippen molar-refractivity contribution in [2.75, 3.05) is 4.90 Å². The molecule has 2 heterocycles. The van der Waals surface area contributed by atoms with Crippen LogP contribution >= 0.6 is 11.3 Å². The molecular formula is C58H37NOS. The van der Waals surface area contributed by atoms with Crippen LogP contribution in [0.2, 0.25) is 0 Å². The van der Waals surface area contributed by atoms with E-state index in [9.17, 15) is 0 Å². The molecule has 3 heteroatoms. The van der Waals surface area contributed by atoms with E-state index in [4.69, 9.17) is 4.42 Å². The number of nitrogens with zero attached hydrogens (tertiary/aromatic N) is 1. The second kappa shape index (κ2) is 14.5. The highest BCUT2D eigenvalue weighted by Crippen LogP contribution is 2.43. The second-order valence-electron chi connectivity index (χ2n) is 15.7. The maximum absolute atomic E-state index is 6.78. The van der Waals surface area contributed by atoms with Gasteiger partial charge in [-0.25, -0.2) is 0 Å². The third-order valence-electron chi connectivity index (χ3n) is 12.1. The Hall–Kier alpha value is -7.72. The fraction of sp³-hybridized carbons (Fsp3) is 0. The molecule has 0 saturated carbocycles. The topological polar surface area (TPSA) is 16.4 Å². The molecule has 0 unspecified atom stereocenters. The smallest absolute Gasteiger partial charge is 0.143 e. The van der Waals surface area contributed by atoms with Gasteiger partial charge in [-0.3, -0.25) is 0 Å². The summed E-state index contributed by atoms with van der Waals surface area (Å²) in [6.07, 6.45) is 0. The van der Waals surface area contributed by atoms with Crippen molar-refractivity contribution < 1.29 is 4.42 Å². The molecule has 0 N–H and O–H groups in total. The summed E-state index contributed by atoms with van der Waals surface area (Å²) in [4.78, 5) is 2.36. The van der Waals surface area contributed by atoms with Crippen LogP contribution in [0.3, 0.4) is 0 Å². The molecule has 61 heavy (non-hydrogen) atoms. The van der Waals surface area contributed by atoms with Crippen LogP contribution < -0.4 is 4.90 Å². The molecule has 0 aliphatic carbocycles. The van der Waals surface area contributed by atoms with Crippen molar-refractivity contribution in [1.82, 2.24) is 0 Å². The van der Waals surface area contributed by atoms with E-state index < -0.39 is 0 Å². The molecule has 0 radical (unpaired) electrons. The number of rotatable bonds is 7. The second-order valence-corrected chi connectivity index (χ2v) is 16.7. The molecule has 2 nitrogen and oxygen atoms in total. The van der Waals surface area contributed by atoms with E-state index in [1.54, 1.807) is 0 Å². The number of hydrogen-bond acceptors (Lipinski definition) is 3. The zero-order valence-corrected chi connectivity index (χ0v) is 33.9. The van der Waals surface area contributed by atoms with Crippen molar-refractivity contribution in [3.05, 3.63) is 224 Å². The maximum atomic E-state index is 6.78. The Bertz CT molecular complexity index is 3580. The Kier molecular flexibility index (Phi) is 8.39. The third-order valence-corrected chi connectivity index (χ3v) is 13.3. The molecule has 0 aliphatic heterocycles. The van der Waals surface area contributed by atoms with Gasteiger partial charge in [0.2, 0.25) is 0 Å². The monoisotopic (exact) mass is 795 g/mol. The predicted octanol–water partition coefficient (Wildman–Crippen LogP) is 17.2. The fourth-order valence-corrected chi connectivity index (χ4v) is 10.3. The Labute approximate surface area is 357 Å². The van der Waals surface area contributed by atoms with E-state index in [0.717, 1.165) is 72.4 Å². The van der Waals surface area contributed by atoms with Crippen LogP contribution in [0.15, 0.2) is 229 Å². The molecule has 12 rings (SSSR count). The van der Waals surface area contributed by atoms with E-state index in [2.05, 4.69) is 229 Å². The molecule has 0 fully saturated rings. The van der Waals surface area contributed by atoms with Crippen LogP contribution in [0.4, 0.5) is 17.1 Å². The van der Waals surface area contributed by atoms with Gasteiger partial charge in [0.15, 0.2) is 0 Å². The van der Waals surface area contributed by atoms with Crippen LogP contribution in [0.25, 0.3) is 97.4 Å². The average Bonchev–Trinajstić information content (AvgIpc) is 3.91. The first-order valence-corrected chi connectivity index (χ1v) is 21.6. The van der Waals surface area contributed by atoms with Gasteiger partial charge in [-0.15, -0.1) is 11.3 Å². The molecule has 10 aromatic carbocycles. The molecule has 0 atom stereocenters. The van der Waals surface area contributed by atoms with Crippen molar-refractivity contribution in [3.8, 4) is 44.5 Å². The van der Waals surface area contributed by atoms with Crippen molar-refractivity contribution in [1.29, 1.82) is 0 Å². The van der Waals surface area contributed by atoms with Gasteiger partial charge in [-0.2, -0.15) is 0 Å². The number of fused-ring (bicyclic) bond motifs is 7. The molecule has 0 bridgehead atoms. The Morgan fingerprint density at radius 3 is 1.59 bits per heavy atom. The number of para-hydroxylation sites is 2. The van der Waals surface area contributed by atoms with Crippen LogP contribution in [-0.4, -0.2) is 0 Å². The van der Waals surface area contributed by atoms with E-state index in [-0.39, 0.29) is 0 Å². The summed E-state index contributed by atoms with van der Waals surface area (Å²) in [6.45, 7) is 0. The van der Waals surface area contributed by atoms with Gasteiger partial charge in [-0.1, -0.05) is 176 Å². The molecule has 0 aliphatic rings. The molecule has 2 aromatic heterocycles. The largest absolute Gasteiger partial charge is 0.455 e. The summed E-state index contributed by atoms with van der Waals surface area (Å²) in [5, 5.41) is 7.32. The van der Waals surface area contributed by atoms with Crippen molar-refractivity contribution in [2.24, 2.45) is 0 Å². The summed E-state index contributed by atoms with van der Waals surface area (Å²) in [5.74, 6) is 0. The van der Waals surface area contributed by atoms with Gasteiger partial charge < -0.3 is 9.32 Å². The lowest BCUT2D eigenvalue weighted by Crippen LogP contribution is -2.09. The van der Waals surface area contributed by atoms with Crippen molar-refractivity contribution >= 4 is 81.3 Å². The van der Waals surface area contributed by atoms with E-state index >= 15 is 0 Å². The minimum absolute atomic E-state index is 0.908. The van der Waals surface area contributed by atoms with Crippen LogP contribution in [-0.2, 0) is 0 Å². The molecular weight excluding hydrogens is 759 g/mol. The highest BCUT2D eigenvalue weighted by atomic mass is 32.1. The predicted molar refractivity (Wildman–Crippen MR) is 261 cm³/mol. The number of furan rings is 1. The SMILES string of the molecule is c1ccc(-c2cccc3c2oc2c(-c4cccc(-c5ccc(N(c6ccc(-c7cccc8c7sc7ccccc78)cc6)c6ccc7ccccc7c6)cc5)c4)cccc23)cc1. The zero-order chi connectivity index (χ0) is 40.3. The average molecular weight is 796 g/mol. The standard InChI is InChI=1S/C58H37NOS/c1-2-13-40(14-3-1)48-19-9-22-52-53-23-10-20-49(57(53)60-56(48)52)44-17-8-16-42(36-44)39-26-31-45(32-27-39)59(47-35-28-38-12-4-5-15-43(38)37-47)46-33-29-41(30-34-46)50-21-11-24-54-51-18-6-7-25-55(51)61-58(50)54/h1-37H.